The topological polar surface area (TPSA) is 77.5 Å². The lowest BCUT2D eigenvalue weighted by Crippen LogP contribution is -2.33. The maximum absolute atomic E-state index is 11.6. The zero-order chi connectivity index (χ0) is 13.4. The molecule has 0 aliphatic heterocycles. The van der Waals surface area contributed by atoms with Crippen molar-refractivity contribution in [3.63, 3.8) is 0 Å². The SMILES string of the molecule is O=S(=O)(CS(=O)(=O)C(F)(F)F)OC(F)(F)F. The van der Waals surface area contributed by atoms with Crippen molar-refractivity contribution in [2.24, 2.45) is 0 Å². The predicted octanol–water partition coefficient (Wildman–Crippen LogP) is 0.745. The van der Waals surface area contributed by atoms with Gasteiger partial charge in [0.15, 0.2) is 5.08 Å². The summed E-state index contributed by atoms with van der Waals surface area (Å²) in [5.74, 6) is 0. The number of hydrogen-bond donors (Lipinski definition) is 0. The van der Waals surface area contributed by atoms with E-state index >= 15 is 0 Å². The van der Waals surface area contributed by atoms with Gasteiger partial charge in [-0.05, 0) is 0 Å². The quantitative estimate of drug-likeness (QED) is 0.567. The van der Waals surface area contributed by atoms with Gasteiger partial charge in [-0.15, -0.1) is 13.2 Å². The monoisotopic (exact) mass is 296 g/mol. The largest absolute Gasteiger partial charge is 0.537 e. The lowest BCUT2D eigenvalue weighted by molar-refractivity contribution is -0.271. The fourth-order valence-corrected chi connectivity index (χ4v) is 2.96. The van der Waals surface area contributed by atoms with Crippen LogP contribution in [0.1, 0.15) is 0 Å². The molecule has 0 spiro atoms. The highest BCUT2D eigenvalue weighted by atomic mass is 32.3. The van der Waals surface area contributed by atoms with Crippen molar-refractivity contribution in [1.82, 2.24) is 0 Å². The van der Waals surface area contributed by atoms with Crippen molar-refractivity contribution in [1.29, 1.82) is 0 Å². The van der Waals surface area contributed by atoms with Crippen molar-refractivity contribution in [3.05, 3.63) is 0 Å². The fourth-order valence-electron chi connectivity index (χ4n) is 0.425. The number of sulfone groups is 1. The number of hydrogen-bond acceptors (Lipinski definition) is 5. The smallest absolute Gasteiger partial charge is 0.218 e. The number of halogens is 6. The van der Waals surface area contributed by atoms with Crippen LogP contribution in [-0.4, -0.2) is 33.8 Å². The zero-order valence-corrected chi connectivity index (χ0v) is 8.47. The minimum Gasteiger partial charge on any atom is -0.218 e. The molecule has 0 aromatic heterocycles. The molecule has 98 valence electrons. The molecule has 5 nitrogen and oxygen atoms in total. The Balaban J connectivity index is 5.03. The van der Waals surface area contributed by atoms with E-state index in [1.165, 1.54) is 0 Å². The van der Waals surface area contributed by atoms with Crippen LogP contribution in [0.25, 0.3) is 0 Å². The van der Waals surface area contributed by atoms with E-state index in [1.54, 1.807) is 0 Å². The van der Waals surface area contributed by atoms with Crippen LogP contribution in [0.2, 0.25) is 0 Å². The highest BCUT2D eigenvalue weighted by molar-refractivity contribution is 8.06. The highest BCUT2D eigenvalue weighted by Crippen LogP contribution is 2.27. The average Bonchev–Trinajstić information content (AvgIpc) is 1.72. The minimum absolute atomic E-state index is 2.25. The fraction of sp³-hybridized carbons (Fsp3) is 1.00. The molecule has 0 aromatic rings. The molecule has 0 radical (unpaired) electrons. The Kier molecular flexibility index (Phi) is 3.89. The van der Waals surface area contributed by atoms with Crippen molar-refractivity contribution in [2.45, 2.75) is 11.9 Å². The van der Waals surface area contributed by atoms with E-state index in [2.05, 4.69) is 4.18 Å². The molecule has 0 heterocycles. The molecule has 0 rings (SSSR count). The molecular formula is C3H2F6O5S2. The Morgan fingerprint density at radius 1 is 0.875 bits per heavy atom. The molecule has 0 bridgehead atoms. The molecular weight excluding hydrogens is 294 g/mol. The summed E-state index contributed by atoms with van der Waals surface area (Å²) in [6.45, 7) is 0. The van der Waals surface area contributed by atoms with Gasteiger partial charge in [0.05, 0.1) is 0 Å². The molecule has 0 N–H and O–H groups in total. The van der Waals surface area contributed by atoms with E-state index in [9.17, 15) is 43.2 Å². The maximum atomic E-state index is 11.6. The lowest BCUT2D eigenvalue weighted by atomic mass is 11.4. The molecule has 0 aliphatic carbocycles. The van der Waals surface area contributed by atoms with Crippen molar-refractivity contribution >= 4 is 20.0 Å². The Labute approximate surface area is 85.0 Å². The van der Waals surface area contributed by atoms with Gasteiger partial charge < -0.3 is 0 Å². The van der Waals surface area contributed by atoms with Crippen LogP contribution in [0.4, 0.5) is 26.3 Å². The first-order valence-corrected chi connectivity index (χ1v) is 6.18. The Morgan fingerprint density at radius 3 is 1.50 bits per heavy atom. The predicted molar refractivity (Wildman–Crippen MR) is 35.9 cm³/mol. The first kappa shape index (κ1) is 15.4. The molecule has 0 atom stereocenters. The van der Waals surface area contributed by atoms with Crippen LogP contribution in [-0.2, 0) is 24.1 Å². The van der Waals surface area contributed by atoms with Gasteiger partial charge >= 0.3 is 11.9 Å². The second-order valence-corrected chi connectivity index (χ2v) is 6.18. The zero-order valence-electron chi connectivity index (χ0n) is 6.83. The number of alkyl halides is 6. The molecule has 16 heavy (non-hydrogen) atoms. The Hall–Kier alpha value is -0.560. The summed E-state index contributed by atoms with van der Waals surface area (Å²) in [6, 6.07) is 0. The van der Waals surface area contributed by atoms with Crippen LogP contribution in [0.5, 0.6) is 0 Å². The van der Waals surface area contributed by atoms with Crippen molar-refractivity contribution in [3.8, 4) is 0 Å². The highest BCUT2D eigenvalue weighted by Gasteiger charge is 2.50. The van der Waals surface area contributed by atoms with Gasteiger partial charge in [0.1, 0.15) is 0 Å². The standard InChI is InChI=1S/C3H2F6O5S2/c4-2(5,6)14-16(12,13)1-15(10,11)3(7,8)9/h1H2. The van der Waals surface area contributed by atoms with Gasteiger partial charge in [-0.2, -0.15) is 25.8 Å². The third-order valence-electron chi connectivity index (χ3n) is 0.874. The summed E-state index contributed by atoms with van der Waals surface area (Å²) in [4.78, 5) is 0. The van der Waals surface area contributed by atoms with E-state index < -0.39 is 36.9 Å². The molecule has 0 saturated carbocycles. The molecule has 13 heteroatoms. The van der Waals surface area contributed by atoms with Crippen LogP contribution >= 0.6 is 0 Å². The Bertz CT molecular complexity index is 440. The molecule has 0 saturated heterocycles. The first-order valence-electron chi connectivity index (χ1n) is 2.95. The summed E-state index contributed by atoms with van der Waals surface area (Å²) in [6.07, 6.45) is -5.79. The molecule has 0 amide bonds. The summed E-state index contributed by atoms with van der Waals surface area (Å²) < 4.78 is 112. The van der Waals surface area contributed by atoms with Gasteiger partial charge in [-0.1, -0.05) is 0 Å². The maximum Gasteiger partial charge on any atom is 0.537 e. The summed E-state index contributed by atoms with van der Waals surface area (Å²) in [5.41, 5.74) is -5.98. The van der Waals surface area contributed by atoms with Gasteiger partial charge in [0.2, 0.25) is 0 Å². The molecule has 0 fully saturated rings. The molecule has 0 unspecified atom stereocenters. The minimum atomic E-state index is -6.24. The summed E-state index contributed by atoms with van der Waals surface area (Å²) in [5, 5.41) is -2.83. The van der Waals surface area contributed by atoms with Gasteiger partial charge in [-0.25, -0.2) is 8.42 Å². The van der Waals surface area contributed by atoms with E-state index in [1.807, 2.05) is 0 Å². The molecule has 0 aromatic carbocycles. The second-order valence-electron chi connectivity index (χ2n) is 2.27. The van der Waals surface area contributed by atoms with Gasteiger partial charge in [0.25, 0.3) is 20.0 Å². The van der Waals surface area contributed by atoms with Crippen LogP contribution in [0.15, 0.2) is 0 Å². The Morgan fingerprint density at radius 2 is 1.25 bits per heavy atom. The third-order valence-corrected chi connectivity index (χ3v) is 4.42. The summed E-state index contributed by atoms with van der Waals surface area (Å²) in [7, 11) is -12.2. The van der Waals surface area contributed by atoms with Crippen molar-refractivity contribution in [2.75, 3.05) is 5.08 Å². The van der Waals surface area contributed by atoms with Gasteiger partial charge in [-0.3, -0.25) is 0 Å². The average molecular weight is 296 g/mol. The van der Waals surface area contributed by atoms with Crippen molar-refractivity contribution < 1.29 is 47.4 Å². The lowest BCUT2D eigenvalue weighted by Gasteiger charge is -2.10. The summed E-state index contributed by atoms with van der Waals surface area (Å²) >= 11 is 0. The molecule has 0 aliphatic rings. The second kappa shape index (κ2) is 4.03. The number of rotatable bonds is 3. The van der Waals surface area contributed by atoms with Gasteiger partial charge in [0, 0.05) is 0 Å². The van der Waals surface area contributed by atoms with Crippen LogP contribution in [0, 0.1) is 0 Å². The van der Waals surface area contributed by atoms with E-state index in [-0.39, 0.29) is 0 Å². The van der Waals surface area contributed by atoms with Crippen LogP contribution < -0.4 is 0 Å². The van der Waals surface area contributed by atoms with E-state index in [0.29, 0.717) is 0 Å². The first-order chi connectivity index (χ1) is 6.66. The third kappa shape index (κ3) is 4.98. The van der Waals surface area contributed by atoms with Crippen LogP contribution in [0.3, 0.4) is 0 Å². The van der Waals surface area contributed by atoms with E-state index in [4.69, 9.17) is 0 Å². The van der Waals surface area contributed by atoms with E-state index in [0.717, 1.165) is 0 Å². The normalized spacial score (nSPS) is 15.1.